The van der Waals surface area contributed by atoms with Crippen LogP contribution < -0.4 is 21.1 Å². The van der Waals surface area contributed by atoms with Crippen LogP contribution in [0.5, 0.6) is 5.75 Å². The first-order chi connectivity index (χ1) is 20.6. The number of benzene rings is 3. The molecule has 0 unspecified atom stereocenters. The second-order valence-corrected chi connectivity index (χ2v) is 10.8. The van der Waals surface area contributed by atoms with Crippen LogP contribution in [0.2, 0.25) is 0 Å². The molecule has 0 saturated heterocycles. The molecular formula is C34H44N4O5. The molecule has 0 heterocycles. The number of hydrogen-bond acceptors (Lipinski definition) is 6. The van der Waals surface area contributed by atoms with Crippen molar-refractivity contribution >= 4 is 17.7 Å². The van der Waals surface area contributed by atoms with Crippen molar-refractivity contribution in [2.24, 2.45) is 5.73 Å². The Morgan fingerprint density at radius 3 is 2.19 bits per heavy atom. The number of amides is 3. The Balaban J connectivity index is 1.84. The number of aliphatic hydroxyl groups excluding tert-OH is 1. The summed E-state index contributed by atoms with van der Waals surface area (Å²) in [4.78, 5) is 40.8. The van der Waals surface area contributed by atoms with Gasteiger partial charge in [0.05, 0.1) is 19.3 Å². The Kier molecular flexibility index (Phi) is 12.7. The van der Waals surface area contributed by atoms with Crippen LogP contribution in [0.25, 0.3) is 0 Å². The van der Waals surface area contributed by atoms with Gasteiger partial charge in [0, 0.05) is 42.9 Å². The third-order valence-electron chi connectivity index (χ3n) is 7.17. The van der Waals surface area contributed by atoms with E-state index in [1.807, 2.05) is 69.3 Å². The molecule has 43 heavy (non-hydrogen) atoms. The Bertz CT molecular complexity index is 1370. The molecule has 0 aliphatic rings. The van der Waals surface area contributed by atoms with Crippen LogP contribution in [0.3, 0.4) is 0 Å². The van der Waals surface area contributed by atoms with Crippen molar-refractivity contribution in [3.63, 3.8) is 0 Å². The van der Waals surface area contributed by atoms with Crippen molar-refractivity contribution in [3.8, 4) is 5.75 Å². The predicted octanol–water partition coefficient (Wildman–Crippen LogP) is 3.86. The molecule has 3 aromatic carbocycles. The van der Waals surface area contributed by atoms with E-state index in [1.54, 1.807) is 12.0 Å². The van der Waals surface area contributed by atoms with Gasteiger partial charge in [0.2, 0.25) is 5.91 Å². The van der Waals surface area contributed by atoms with Gasteiger partial charge in [-0.05, 0) is 67.6 Å². The minimum absolute atomic E-state index is 0.0690. The van der Waals surface area contributed by atoms with Crippen molar-refractivity contribution in [1.82, 2.24) is 15.5 Å². The van der Waals surface area contributed by atoms with Crippen LogP contribution in [0.1, 0.15) is 74.5 Å². The zero-order valence-electron chi connectivity index (χ0n) is 25.6. The Hall–Kier alpha value is -4.21. The highest BCUT2D eigenvalue weighted by Gasteiger charge is 2.24. The van der Waals surface area contributed by atoms with E-state index in [4.69, 9.17) is 10.5 Å². The number of aliphatic hydroxyl groups is 1. The number of carbonyl (C=O) groups is 3. The summed E-state index contributed by atoms with van der Waals surface area (Å²) in [5.41, 5.74) is 9.03. The van der Waals surface area contributed by atoms with E-state index in [2.05, 4.69) is 10.6 Å². The molecule has 0 aliphatic carbocycles. The maximum absolute atomic E-state index is 13.6. The summed E-state index contributed by atoms with van der Waals surface area (Å²) < 4.78 is 5.29. The number of nitrogens with two attached hydrogens (primary N) is 1. The Morgan fingerprint density at radius 1 is 0.907 bits per heavy atom. The summed E-state index contributed by atoms with van der Waals surface area (Å²) in [6, 6.07) is 19.2. The van der Waals surface area contributed by atoms with Crippen LogP contribution in [0, 0.1) is 6.92 Å². The molecule has 0 aliphatic heterocycles. The second-order valence-electron chi connectivity index (χ2n) is 10.8. The minimum Gasteiger partial charge on any atom is -0.497 e. The van der Waals surface area contributed by atoms with Gasteiger partial charge in [0.25, 0.3) is 11.8 Å². The fourth-order valence-electron chi connectivity index (χ4n) is 4.86. The molecular weight excluding hydrogens is 544 g/mol. The Labute approximate surface area is 254 Å². The molecule has 230 valence electrons. The van der Waals surface area contributed by atoms with Crippen LogP contribution in [-0.2, 0) is 13.0 Å². The van der Waals surface area contributed by atoms with Gasteiger partial charge in [-0.15, -0.1) is 0 Å². The average molecular weight is 589 g/mol. The lowest BCUT2D eigenvalue weighted by Crippen LogP contribution is -2.48. The first-order valence-corrected chi connectivity index (χ1v) is 14.8. The average Bonchev–Trinajstić information content (AvgIpc) is 3.01. The molecule has 0 fully saturated rings. The smallest absolute Gasteiger partial charge is 0.253 e. The lowest BCUT2D eigenvalue weighted by molar-refractivity contribution is 0.0755. The van der Waals surface area contributed by atoms with Gasteiger partial charge in [0.1, 0.15) is 5.75 Å². The summed E-state index contributed by atoms with van der Waals surface area (Å²) in [6.45, 7) is 7.79. The van der Waals surface area contributed by atoms with Crippen molar-refractivity contribution < 1.29 is 24.2 Å². The number of nitrogens with one attached hydrogen (secondary N) is 2. The van der Waals surface area contributed by atoms with Gasteiger partial charge >= 0.3 is 0 Å². The first kappa shape index (κ1) is 33.3. The number of rotatable bonds is 16. The fourth-order valence-corrected chi connectivity index (χ4v) is 4.86. The van der Waals surface area contributed by atoms with Crippen LogP contribution in [-0.4, -0.2) is 66.6 Å². The summed E-state index contributed by atoms with van der Waals surface area (Å²) in [5.74, 6) is -0.774. The van der Waals surface area contributed by atoms with Crippen molar-refractivity contribution in [3.05, 3.63) is 100 Å². The zero-order valence-corrected chi connectivity index (χ0v) is 25.6. The van der Waals surface area contributed by atoms with E-state index >= 15 is 0 Å². The summed E-state index contributed by atoms with van der Waals surface area (Å²) >= 11 is 0. The maximum atomic E-state index is 13.6. The molecule has 2 atom stereocenters. The predicted molar refractivity (Wildman–Crippen MR) is 168 cm³/mol. The molecule has 3 rings (SSSR count). The molecule has 3 aromatic rings. The van der Waals surface area contributed by atoms with E-state index < -0.39 is 24.0 Å². The van der Waals surface area contributed by atoms with E-state index in [1.165, 1.54) is 18.2 Å². The van der Waals surface area contributed by atoms with Crippen molar-refractivity contribution in [2.75, 3.05) is 26.7 Å². The number of carbonyl (C=O) groups excluding carboxylic acids is 3. The van der Waals surface area contributed by atoms with Gasteiger partial charge < -0.3 is 31.1 Å². The molecule has 9 nitrogen and oxygen atoms in total. The Morgan fingerprint density at radius 2 is 1.56 bits per heavy atom. The highest BCUT2D eigenvalue weighted by molar-refractivity contribution is 6.04. The lowest BCUT2D eigenvalue weighted by Gasteiger charge is -2.25. The van der Waals surface area contributed by atoms with Crippen molar-refractivity contribution in [1.29, 1.82) is 0 Å². The quantitative estimate of drug-likeness (QED) is 0.201. The fraction of sp³-hybridized carbons (Fsp3) is 0.382. The second kappa shape index (κ2) is 16.4. The molecule has 0 radical (unpaired) electrons. The first-order valence-electron chi connectivity index (χ1n) is 14.8. The zero-order chi connectivity index (χ0) is 31.4. The molecule has 0 bridgehead atoms. The minimum atomic E-state index is -0.944. The molecule has 0 saturated carbocycles. The summed E-state index contributed by atoms with van der Waals surface area (Å²) in [5, 5.41) is 17.4. The highest BCUT2D eigenvalue weighted by atomic mass is 16.5. The number of nitrogens with zero attached hydrogens (tertiary/aromatic N) is 1. The third-order valence-corrected chi connectivity index (χ3v) is 7.17. The highest BCUT2D eigenvalue weighted by Crippen LogP contribution is 2.16. The largest absolute Gasteiger partial charge is 0.497 e. The molecule has 5 N–H and O–H groups in total. The van der Waals surface area contributed by atoms with Gasteiger partial charge in [-0.25, -0.2) is 0 Å². The molecule has 0 spiro atoms. The normalized spacial score (nSPS) is 12.3. The summed E-state index contributed by atoms with van der Waals surface area (Å²) in [6.07, 6.45) is 0.981. The van der Waals surface area contributed by atoms with E-state index in [-0.39, 0.29) is 29.1 Å². The number of hydrogen-bond donors (Lipinski definition) is 4. The molecule has 9 heteroatoms. The SMILES string of the molecule is CCCN(CCC)C(=O)c1cc(C(N)=O)cc(C(=O)N[C@@H](Cc2ccc(C)cc2)[C@H](O)CNCc2cccc(OC)c2)c1. The van der Waals surface area contributed by atoms with E-state index in [0.717, 1.165) is 35.3 Å². The monoisotopic (exact) mass is 588 g/mol. The third kappa shape index (κ3) is 9.94. The van der Waals surface area contributed by atoms with Gasteiger partial charge in [-0.1, -0.05) is 55.8 Å². The number of ether oxygens (including phenoxy) is 1. The van der Waals surface area contributed by atoms with Crippen LogP contribution in [0.4, 0.5) is 0 Å². The lowest BCUT2D eigenvalue weighted by atomic mass is 9.98. The number of aryl methyl sites for hydroxylation is 1. The number of primary amides is 1. The van der Waals surface area contributed by atoms with Crippen molar-refractivity contribution in [2.45, 2.75) is 58.7 Å². The van der Waals surface area contributed by atoms with Gasteiger partial charge in [0.15, 0.2) is 0 Å². The van der Waals surface area contributed by atoms with Gasteiger partial charge in [-0.2, -0.15) is 0 Å². The van der Waals surface area contributed by atoms with Gasteiger partial charge in [-0.3, -0.25) is 14.4 Å². The van der Waals surface area contributed by atoms with E-state index in [0.29, 0.717) is 26.1 Å². The molecule has 0 aromatic heterocycles. The standard InChI is InChI=1S/C34H44N4O5/c1-5-14-38(15-6-2)34(42)28-19-26(32(35)40)18-27(20-28)33(41)37-30(17-24-12-10-23(3)11-13-24)31(39)22-36-21-25-8-7-9-29(16-25)43-4/h7-13,16,18-20,30-31,36,39H,5-6,14-15,17,21-22H2,1-4H3,(H2,35,40)(H,37,41)/t30-,31+/m0/s1. The van der Waals surface area contributed by atoms with Crippen LogP contribution >= 0.6 is 0 Å². The number of methoxy groups -OCH3 is 1. The maximum Gasteiger partial charge on any atom is 0.253 e. The molecule has 3 amide bonds. The van der Waals surface area contributed by atoms with Crippen LogP contribution in [0.15, 0.2) is 66.7 Å². The van der Waals surface area contributed by atoms with E-state index in [9.17, 15) is 19.5 Å². The summed E-state index contributed by atoms with van der Waals surface area (Å²) in [7, 11) is 1.61. The topological polar surface area (TPSA) is 134 Å².